The summed E-state index contributed by atoms with van der Waals surface area (Å²) in [7, 11) is 0. The number of aryl methyl sites for hydroxylation is 1. The van der Waals surface area contributed by atoms with Gasteiger partial charge in [-0.1, -0.05) is 23.2 Å². The van der Waals surface area contributed by atoms with Crippen molar-refractivity contribution in [2.24, 2.45) is 0 Å². The van der Waals surface area contributed by atoms with Crippen LogP contribution in [0.2, 0.25) is 10.0 Å². The number of nitrogens with one attached hydrogen (secondary N) is 1. The van der Waals surface area contributed by atoms with Crippen molar-refractivity contribution in [3.8, 4) is 11.5 Å². The number of nitrogens with zero attached hydrogens (tertiary/aromatic N) is 3. The molecule has 0 radical (unpaired) electrons. The van der Waals surface area contributed by atoms with Crippen LogP contribution in [0, 0.1) is 24.0 Å². The van der Waals surface area contributed by atoms with Gasteiger partial charge in [0.2, 0.25) is 5.91 Å². The van der Waals surface area contributed by atoms with Crippen molar-refractivity contribution in [1.29, 1.82) is 0 Å². The van der Waals surface area contributed by atoms with Crippen LogP contribution in [0.5, 0.6) is 11.5 Å². The molecule has 1 heterocycles. The Bertz CT molecular complexity index is 1180. The number of hydrogen-bond donors (Lipinski definition) is 1. The number of rotatable bonds is 6. The number of nitro groups is 1. The normalized spacial score (nSPS) is 11.8. The van der Waals surface area contributed by atoms with Crippen molar-refractivity contribution in [3.63, 3.8) is 0 Å². The lowest BCUT2D eigenvalue weighted by Gasteiger charge is -2.15. The molecule has 0 aliphatic carbocycles. The molecule has 0 aliphatic heterocycles. The van der Waals surface area contributed by atoms with Gasteiger partial charge in [0.1, 0.15) is 17.5 Å². The highest BCUT2D eigenvalue weighted by atomic mass is 79.9. The van der Waals surface area contributed by atoms with Crippen molar-refractivity contribution in [2.75, 3.05) is 5.32 Å². The Morgan fingerprint density at radius 2 is 1.97 bits per heavy atom. The molecular weight excluding hydrogens is 511 g/mol. The Hall–Kier alpha value is -2.62. The van der Waals surface area contributed by atoms with Gasteiger partial charge in [-0.05, 0) is 54.9 Å². The molecule has 0 bridgehead atoms. The zero-order chi connectivity index (χ0) is 22.9. The summed E-state index contributed by atoms with van der Waals surface area (Å²) in [6.45, 7) is 5.34. The molecule has 0 spiro atoms. The number of carbonyl (C=O) groups is 1. The predicted octanol–water partition coefficient (Wildman–Crippen LogP) is 6.47. The molecule has 0 fully saturated rings. The maximum atomic E-state index is 12.8. The van der Waals surface area contributed by atoms with Gasteiger partial charge in [0.15, 0.2) is 0 Å². The second kappa shape index (κ2) is 9.25. The van der Waals surface area contributed by atoms with Crippen LogP contribution in [-0.2, 0) is 4.79 Å². The number of halogens is 3. The first-order valence-corrected chi connectivity index (χ1v) is 10.6. The highest BCUT2D eigenvalue weighted by Gasteiger charge is 2.22. The van der Waals surface area contributed by atoms with Crippen molar-refractivity contribution in [1.82, 2.24) is 9.78 Å². The SMILES string of the molecule is Cc1nn(C(C)C(=O)Nc2cc(Oc3ccc(Cl)cc3Cl)cc([N+](=O)[O-])c2)c(C)c1Br. The molecule has 8 nitrogen and oxygen atoms in total. The van der Waals surface area contributed by atoms with Gasteiger partial charge < -0.3 is 10.1 Å². The molecule has 3 rings (SSSR count). The largest absolute Gasteiger partial charge is 0.455 e. The van der Waals surface area contributed by atoms with Gasteiger partial charge in [-0.3, -0.25) is 19.6 Å². The molecule has 0 saturated carbocycles. The van der Waals surface area contributed by atoms with Crippen LogP contribution in [-0.4, -0.2) is 20.6 Å². The van der Waals surface area contributed by atoms with E-state index in [9.17, 15) is 14.9 Å². The Balaban J connectivity index is 1.88. The van der Waals surface area contributed by atoms with Crippen molar-refractivity contribution >= 4 is 56.4 Å². The molecule has 2 aromatic carbocycles. The fourth-order valence-electron chi connectivity index (χ4n) is 2.88. The molecule has 1 N–H and O–H groups in total. The second-order valence-electron chi connectivity index (χ2n) is 6.74. The maximum absolute atomic E-state index is 12.8. The summed E-state index contributed by atoms with van der Waals surface area (Å²) in [6, 6.07) is 7.92. The average molecular weight is 528 g/mol. The van der Waals surface area contributed by atoms with Gasteiger partial charge in [-0.15, -0.1) is 0 Å². The Kier molecular flexibility index (Phi) is 6.88. The van der Waals surface area contributed by atoms with Crippen molar-refractivity contribution < 1.29 is 14.5 Å². The minimum absolute atomic E-state index is 0.134. The van der Waals surface area contributed by atoms with Crippen molar-refractivity contribution in [3.05, 3.63) is 72.4 Å². The first kappa shape index (κ1) is 23.1. The highest BCUT2D eigenvalue weighted by molar-refractivity contribution is 9.10. The van der Waals surface area contributed by atoms with Crippen LogP contribution in [0.15, 0.2) is 40.9 Å². The summed E-state index contributed by atoms with van der Waals surface area (Å²) < 4.78 is 8.09. The van der Waals surface area contributed by atoms with Gasteiger partial charge in [-0.25, -0.2) is 0 Å². The first-order valence-electron chi connectivity index (χ1n) is 9.01. The number of ether oxygens (including phenoxy) is 1. The van der Waals surface area contributed by atoms with Crippen LogP contribution in [0.4, 0.5) is 11.4 Å². The van der Waals surface area contributed by atoms with Crippen molar-refractivity contribution in [2.45, 2.75) is 26.8 Å². The number of nitro benzene ring substituents is 1. The molecule has 1 aromatic heterocycles. The quantitative estimate of drug-likeness (QED) is 0.292. The van der Waals surface area contributed by atoms with E-state index in [4.69, 9.17) is 27.9 Å². The van der Waals surface area contributed by atoms with Crippen LogP contribution in [0.3, 0.4) is 0 Å². The van der Waals surface area contributed by atoms with Crippen LogP contribution >= 0.6 is 39.1 Å². The fourth-order valence-corrected chi connectivity index (χ4v) is 3.59. The third-order valence-electron chi connectivity index (χ3n) is 4.47. The van der Waals surface area contributed by atoms with Gasteiger partial charge >= 0.3 is 0 Å². The molecule has 0 aliphatic rings. The molecule has 162 valence electrons. The molecule has 31 heavy (non-hydrogen) atoms. The predicted molar refractivity (Wildman–Crippen MR) is 122 cm³/mol. The number of aromatic nitrogens is 2. The lowest BCUT2D eigenvalue weighted by molar-refractivity contribution is -0.384. The lowest BCUT2D eigenvalue weighted by atomic mass is 10.2. The van der Waals surface area contributed by atoms with Crippen LogP contribution in [0.25, 0.3) is 0 Å². The fraction of sp³-hybridized carbons (Fsp3) is 0.200. The van der Waals surface area contributed by atoms with E-state index in [0.29, 0.717) is 5.02 Å². The van der Waals surface area contributed by atoms with Gasteiger partial charge in [-0.2, -0.15) is 5.10 Å². The van der Waals surface area contributed by atoms with E-state index < -0.39 is 16.9 Å². The summed E-state index contributed by atoms with van der Waals surface area (Å²) in [5.41, 5.74) is 1.50. The minimum atomic E-state index is -0.653. The third kappa shape index (κ3) is 5.17. The van der Waals surface area contributed by atoms with E-state index in [2.05, 4.69) is 26.3 Å². The molecule has 1 unspecified atom stereocenters. The Morgan fingerprint density at radius 3 is 2.55 bits per heavy atom. The van der Waals surface area contributed by atoms with E-state index in [0.717, 1.165) is 15.9 Å². The second-order valence-corrected chi connectivity index (χ2v) is 8.38. The molecular formula is C20H17BrCl2N4O4. The lowest BCUT2D eigenvalue weighted by Crippen LogP contribution is -2.25. The zero-order valence-corrected chi connectivity index (χ0v) is 19.7. The van der Waals surface area contributed by atoms with E-state index in [-0.39, 0.29) is 27.9 Å². The zero-order valence-electron chi connectivity index (χ0n) is 16.6. The average Bonchev–Trinajstić information content (AvgIpc) is 2.96. The Labute approximate surface area is 196 Å². The van der Waals surface area contributed by atoms with E-state index in [1.54, 1.807) is 23.7 Å². The van der Waals surface area contributed by atoms with Gasteiger partial charge in [0.25, 0.3) is 5.69 Å². The first-order chi connectivity index (χ1) is 14.6. The standard InChI is InChI=1S/C20H17BrCl2N4O4/c1-10-19(21)11(2)26(25-10)12(3)20(28)24-14-7-15(27(29)30)9-16(8-14)31-18-5-4-13(22)6-17(18)23/h4-9,12H,1-3H3,(H,24,28). The smallest absolute Gasteiger partial charge is 0.275 e. The number of anilines is 1. The minimum Gasteiger partial charge on any atom is -0.455 e. The third-order valence-corrected chi connectivity index (χ3v) is 6.15. The molecule has 3 aromatic rings. The molecule has 11 heteroatoms. The van der Waals surface area contributed by atoms with Crippen LogP contribution < -0.4 is 10.1 Å². The molecule has 1 atom stereocenters. The molecule has 1 amide bonds. The Morgan fingerprint density at radius 1 is 1.26 bits per heavy atom. The number of benzene rings is 2. The summed E-state index contributed by atoms with van der Waals surface area (Å²) in [5.74, 6) is 0.00834. The van der Waals surface area contributed by atoms with Gasteiger partial charge in [0, 0.05) is 17.2 Å². The van der Waals surface area contributed by atoms with E-state index in [1.165, 1.54) is 24.3 Å². The summed E-state index contributed by atoms with van der Waals surface area (Å²) in [5, 5.41) is 19.1. The van der Waals surface area contributed by atoms with Gasteiger partial charge in [0.05, 0.1) is 37.6 Å². The van der Waals surface area contributed by atoms with Crippen LogP contribution in [0.1, 0.15) is 24.4 Å². The number of amides is 1. The number of hydrogen-bond acceptors (Lipinski definition) is 5. The maximum Gasteiger partial charge on any atom is 0.275 e. The summed E-state index contributed by atoms with van der Waals surface area (Å²) in [6.07, 6.45) is 0. The summed E-state index contributed by atoms with van der Waals surface area (Å²) >= 11 is 15.4. The molecule has 0 saturated heterocycles. The number of non-ortho nitro benzene ring substituents is 1. The van der Waals surface area contributed by atoms with E-state index in [1.807, 2.05) is 13.8 Å². The summed E-state index contributed by atoms with van der Waals surface area (Å²) in [4.78, 5) is 23.6. The topological polar surface area (TPSA) is 99.3 Å². The highest BCUT2D eigenvalue weighted by Crippen LogP contribution is 2.35. The van der Waals surface area contributed by atoms with E-state index >= 15 is 0 Å². The number of carbonyl (C=O) groups excluding carboxylic acids is 1. The monoisotopic (exact) mass is 526 g/mol.